The molecule has 0 aliphatic carbocycles. The highest BCUT2D eigenvalue weighted by molar-refractivity contribution is 7.80. The molecule has 0 amide bonds. The summed E-state index contributed by atoms with van der Waals surface area (Å²) in [6.45, 7) is 3.70. The van der Waals surface area contributed by atoms with Crippen LogP contribution in [0.15, 0.2) is 0 Å². The Hall–Kier alpha value is -0.440. The number of rotatable bonds is 3. The van der Waals surface area contributed by atoms with Crippen LogP contribution in [0.2, 0.25) is 0 Å². The fourth-order valence-corrected chi connectivity index (χ4v) is 1.06. The third-order valence-electron chi connectivity index (χ3n) is 1.27. The predicted molar refractivity (Wildman–Crippen MR) is 44.0 cm³/mol. The van der Waals surface area contributed by atoms with Crippen molar-refractivity contribution in [3.8, 4) is 0 Å². The molecule has 0 aromatic rings. The third-order valence-corrected chi connectivity index (χ3v) is 1.56. The lowest BCUT2D eigenvalue weighted by Crippen LogP contribution is -2.25. The van der Waals surface area contributed by atoms with E-state index in [0.29, 0.717) is 10.7 Å². The molecule has 0 aromatic carbocycles. The number of thiocarbonyl (C=S) groups is 1. The van der Waals surface area contributed by atoms with E-state index in [4.69, 9.17) is 23.4 Å². The van der Waals surface area contributed by atoms with Crippen molar-refractivity contribution in [2.75, 3.05) is 0 Å². The van der Waals surface area contributed by atoms with E-state index in [1.165, 1.54) is 0 Å². The Balaban J connectivity index is 3.99. The van der Waals surface area contributed by atoms with Gasteiger partial charge in [0.1, 0.15) is 0 Å². The summed E-state index contributed by atoms with van der Waals surface area (Å²) < 4.78 is 0. The van der Waals surface area contributed by atoms with Crippen LogP contribution in [0.3, 0.4) is 0 Å². The minimum atomic E-state index is 0.0139. The average molecular weight is 144 g/mol. The van der Waals surface area contributed by atoms with E-state index in [2.05, 4.69) is 0 Å². The Labute approximate surface area is 60.9 Å². The summed E-state index contributed by atoms with van der Waals surface area (Å²) in [4.78, 5) is 0.435. The molecule has 0 bridgehead atoms. The van der Waals surface area contributed by atoms with Gasteiger partial charge in [-0.05, 0) is 13.3 Å². The van der Waals surface area contributed by atoms with E-state index in [0.717, 1.165) is 6.42 Å². The molecule has 0 saturated heterocycles. The standard InChI is InChI=1S/C6H12N2S/c1-3-5(4(2)7)6(8)9/h5,7H,3H2,1-2H3,(H2,8,9). The largest absolute Gasteiger partial charge is 0.393 e. The summed E-state index contributed by atoms with van der Waals surface area (Å²) in [5, 5.41) is 7.21. The second-order valence-electron chi connectivity index (χ2n) is 2.05. The van der Waals surface area contributed by atoms with Crippen molar-refractivity contribution in [2.45, 2.75) is 20.3 Å². The Kier molecular flexibility index (Phi) is 3.39. The lowest BCUT2D eigenvalue weighted by molar-refractivity contribution is 0.851. The molecule has 0 radical (unpaired) electrons. The highest BCUT2D eigenvalue weighted by atomic mass is 32.1. The van der Waals surface area contributed by atoms with Crippen LogP contribution >= 0.6 is 12.2 Å². The first kappa shape index (κ1) is 8.56. The molecule has 2 nitrogen and oxygen atoms in total. The molecular formula is C6H12N2S. The van der Waals surface area contributed by atoms with Gasteiger partial charge in [-0.25, -0.2) is 0 Å². The number of nitrogens with one attached hydrogen (secondary N) is 1. The smallest absolute Gasteiger partial charge is 0.0815 e. The zero-order chi connectivity index (χ0) is 7.44. The van der Waals surface area contributed by atoms with Gasteiger partial charge in [-0.2, -0.15) is 0 Å². The van der Waals surface area contributed by atoms with E-state index in [9.17, 15) is 0 Å². The number of hydrogen-bond acceptors (Lipinski definition) is 2. The van der Waals surface area contributed by atoms with Crippen LogP contribution in [0.5, 0.6) is 0 Å². The van der Waals surface area contributed by atoms with Crippen LogP contribution < -0.4 is 5.73 Å². The SMILES string of the molecule is CCC(C(C)=N)C(N)=S. The van der Waals surface area contributed by atoms with Crippen molar-refractivity contribution in [1.82, 2.24) is 0 Å². The van der Waals surface area contributed by atoms with Crippen LogP contribution in [0.1, 0.15) is 20.3 Å². The molecule has 3 N–H and O–H groups in total. The molecule has 9 heavy (non-hydrogen) atoms. The maximum atomic E-state index is 7.21. The summed E-state index contributed by atoms with van der Waals surface area (Å²) in [5.41, 5.74) is 5.90. The zero-order valence-electron chi connectivity index (χ0n) is 5.77. The van der Waals surface area contributed by atoms with Crippen LogP contribution in [0, 0.1) is 11.3 Å². The van der Waals surface area contributed by atoms with Gasteiger partial charge in [-0.3, -0.25) is 0 Å². The van der Waals surface area contributed by atoms with Gasteiger partial charge >= 0.3 is 0 Å². The van der Waals surface area contributed by atoms with Crippen molar-refractivity contribution in [3.63, 3.8) is 0 Å². The monoisotopic (exact) mass is 144 g/mol. The van der Waals surface area contributed by atoms with Crippen LogP contribution in [-0.4, -0.2) is 10.7 Å². The molecule has 1 atom stereocenters. The Bertz CT molecular complexity index is 117. The molecule has 0 fully saturated rings. The first-order chi connectivity index (χ1) is 4.09. The molecule has 52 valence electrons. The van der Waals surface area contributed by atoms with E-state index < -0.39 is 0 Å². The summed E-state index contributed by atoms with van der Waals surface area (Å²) in [7, 11) is 0. The average Bonchev–Trinajstić information content (AvgIpc) is 1.64. The van der Waals surface area contributed by atoms with Crippen molar-refractivity contribution >= 4 is 22.9 Å². The van der Waals surface area contributed by atoms with Crippen LogP contribution in [0.4, 0.5) is 0 Å². The minimum Gasteiger partial charge on any atom is -0.393 e. The van der Waals surface area contributed by atoms with Crippen molar-refractivity contribution in [1.29, 1.82) is 5.41 Å². The summed E-state index contributed by atoms with van der Waals surface area (Å²) in [6.07, 6.45) is 0.838. The van der Waals surface area contributed by atoms with Gasteiger partial charge in [0.25, 0.3) is 0 Å². The first-order valence-electron chi connectivity index (χ1n) is 2.94. The summed E-state index contributed by atoms with van der Waals surface area (Å²) in [6, 6.07) is 0. The normalized spacial score (nSPS) is 12.7. The number of nitrogens with two attached hydrogens (primary N) is 1. The Morgan fingerprint density at radius 1 is 1.78 bits per heavy atom. The minimum absolute atomic E-state index is 0.0139. The molecule has 0 heterocycles. The lowest BCUT2D eigenvalue weighted by atomic mass is 10.0. The van der Waals surface area contributed by atoms with E-state index in [-0.39, 0.29) is 5.92 Å². The molecule has 0 aliphatic heterocycles. The van der Waals surface area contributed by atoms with E-state index in [1.807, 2.05) is 6.92 Å². The fourth-order valence-electron chi connectivity index (χ4n) is 0.721. The molecule has 0 saturated carbocycles. The maximum Gasteiger partial charge on any atom is 0.0815 e. The molecule has 0 rings (SSSR count). The van der Waals surface area contributed by atoms with Gasteiger partial charge in [-0.1, -0.05) is 19.1 Å². The van der Waals surface area contributed by atoms with Gasteiger partial charge in [0.05, 0.1) is 4.99 Å². The molecular weight excluding hydrogens is 132 g/mol. The maximum absolute atomic E-state index is 7.21. The van der Waals surface area contributed by atoms with Gasteiger partial charge in [0.15, 0.2) is 0 Å². The van der Waals surface area contributed by atoms with Crippen LogP contribution in [-0.2, 0) is 0 Å². The van der Waals surface area contributed by atoms with Crippen LogP contribution in [0.25, 0.3) is 0 Å². The van der Waals surface area contributed by atoms with Gasteiger partial charge in [-0.15, -0.1) is 0 Å². The van der Waals surface area contributed by atoms with Crippen molar-refractivity contribution < 1.29 is 0 Å². The second-order valence-corrected chi connectivity index (χ2v) is 2.52. The third kappa shape index (κ3) is 2.56. The quantitative estimate of drug-likeness (QED) is 0.464. The molecule has 1 unspecified atom stereocenters. The molecule has 3 heteroatoms. The van der Waals surface area contributed by atoms with E-state index in [1.54, 1.807) is 6.92 Å². The van der Waals surface area contributed by atoms with E-state index >= 15 is 0 Å². The topological polar surface area (TPSA) is 49.9 Å². The summed E-state index contributed by atoms with van der Waals surface area (Å²) in [5.74, 6) is 0.0139. The molecule has 0 aliphatic rings. The Morgan fingerprint density at radius 3 is 2.22 bits per heavy atom. The number of hydrogen-bond donors (Lipinski definition) is 2. The van der Waals surface area contributed by atoms with Crippen molar-refractivity contribution in [2.24, 2.45) is 11.7 Å². The summed E-state index contributed by atoms with van der Waals surface area (Å²) >= 11 is 4.73. The highest BCUT2D eigenvalue weighted by Crippen LogP contribution is 2.03. The Morgan fingerprint density at radius 2 is 2.22 bits per heavy atom. The van der Waals surface area contributed by atoms with Gasteiger partial charge in [0.2, 0.25) is 0 Å². The highest BCUT2D eigenvalue weighted by Gasteiger charge is 2.09. The second kappa shape index (κ2) is 3.56. The molecule has 0 aromatic heterocycles. The lowest BCUT2D eigenvalue weighted by Gasteiger charge is -2.09. The zero-order valence-corrected chi connectivity index (χ0v) is 6.59. The van der Waals surface area contributed by atoms with Crippen molar-refractivity contribution in [3.05, 3.63) is 0 Å². The first-order valence-corrected chi connectivity index (χ1v) is 3.34. The van der Waals surface area contributed by atoms with Gasteiger partial charge in [0, 0.05) is 11.6 Å². The predicted octanol–water partition coefficient (Wildman–Crippen LogP) is 1.34. The fraction of sp³-hybridized carbons (Fsp3) is 0.667. The van der Waals surface area contributed by atoms with Gasteiger partial charge < -0.3 is 11.1 Å². The molecule has 0 spiro atoms.